The molecule has 1 fully saturated rings. The highest BCUT2D eigenvalue weighted by Crippen LogP contribution is 2.26. The molecule has 0 aromatic carbocycles. The van der Waals surface area contributed by atoms with E-state index in [4.69, 9.17) is 15.2 Å². The summed E-state index contributed by atoms with van der Waals surface area (Å²) in [5, 5.41) is 2.97. The van der Waals surface area contributed by atoms with E-state index in [2.05, 4.69) is 34.9 Å². The van der Waals surface area contributed by atoms with Gasteiger partial charge in [0.15, 0.2) is 0 Å². The second-order valence-corrected chi connectivity index (χ2v) is 14.7. The number of hydrogen-bond acceptors (Lipinski definition) is 6. The van der Waals surface area contributed by atoms with E-state index in [0.29, 0.717) is 37.6 Å². The first-order valence-corrected chi connectivity index (χ1v) is 14.3. The van der Waals surface area contributed by atoms with Gasteiger partial charge in [0, 0.05) is 39.2 Å². The van der Waals surface area contributed by atoms with Crippen LogP contribution in [0.3, 0.4) is 0 Å². The Kier molecular flexibility index (Phi) is 7.45. The Balaban J connectivity index is 1.74. The molecule has 0 saturated carbocycles. The first-order chi connectivity index (χ1) is 14.6. The van der Waals surface area contributed by atoms with Gasteiger partial charge in [0.2, 0.25) is 5.88 Å². The molecule has 1 aliphatic rings. The van der Waals surface area contributed by atoms with Crippen molar-refractivity contribution in [3.05, 3.63) is 29.8 Å². The van der Waals surface area contributed by atoms with Crippen LogP contribution in [0.2, 0.25) is 25.7 Å². The van der Waals surface area contributed by atoms with Crippen LogP contribution in [0.5, 0.6) is 5.88 Å². The summed E-state index contributed by atoms with van der Waals surface area (Å²) < 4.78 is 27.5. The molecule has 31 heavy (non-hydrogen) atoms. The average Bonchev–Trinajstić information content (AvgIpc) is 3.07. The summed E-state index contributed by atoms with van der Waals surface area (Å²) in [4.78, 5) is 20.8. The fourth-order valence-corrected chi connectivity index (χ4v) is 4.01. The summed E-state index contributed by atoms with van der Waals surface area (Å²) in [6.45, 7) is 10.8. The number of imidazole rings is 1. The molecule has 2 atom stereocenters. The third-order valence-electron chi connectivity index (χ3n) is 5.23. The number of alkyl halides is 1. The summed E-state index contributed by atoms with van der Waals surface area (Å²) in [6.07, 6.45) is 2.08. The molecule has 170 valence electrons. The van der Waals surface area contributed by atoms with E-state index in [1.165, 1.54) is 0 Å². The van der Waals surface area contributed by atoms with Gasteiger partial charge in [0.05, 0.1) is 5.69 Å². The lowest BCUT2D eigenvalue weighted by Crippen LogP contribution is -2.44. The lowest BCUT2D eigenvalue weighted by atomic mass is 10.1. The van der Waals surface area contributed by atoms with E-state index >= 15 is 0 Å². The zero-order valence-corrected chi connectivity index (χ0v) is 19.7. The van der Waals surface area contributed by atoms with Gasteiger partial charge in [-0.1, -0.05) is 19.6 Å². The highest BCUT2D eigenvalue weighted by Gasteiger charge is 2.28. The third kappa shape index (κ3) is 6.34. The Morgan fingerprint density at radius 1 is 1.42 bits per heavy atom. The van der Waals surface area contributed by atoms with Crippen molar-refractivity contribution in [2.75, 3.05) is 19.7 Å². The standard InChI is InChI=1S/C21H32FN5O3Si/c1-14-26-18(12-27(14)13-29-7-8-31(2,3)4)15-9-16(20(23)28)21(25-10-15)30-19-5-6-24-11-17(19)22/h9-10,12,17,19,24H,5-8,11,13H2,1-4H3,(H2,23,28)/t17-,19+/m0/s1. The van der Waals surface area contributed by atoms with Gasteiger partial charge < -0.3 is 25.1 Å². The minimum Gasteiger partial charge on any atom is -0.471 e. The number of aryl methyl sites for hydroxylation is 1. The van der Waals surface area contributed by atoms with Crippen molar-refractivity contribution in [1.29, 1.82) is 0 Å². The number of rotatable bonds is 9. The van der Waals surface area contributed by atoms with Crippen LogP contribution in [-0.4, -0.2) is 60.5 Å². The SMILES string of the molecule is Cc1nc(-c2cnc(O[C@@H]3CCNC[C@@H]3F)c(C(N)=O)c2)cn1COCC[Si](C)(C)C. The highest BCUT2D eigenvalue weighted by atomic mass is 28.3. The second kappa shape index (κ2) is 9.88. The van der Waals surface area contributed by atoms with Gasteiger partial charge in [0.1, 0.15) is 30.4 Å². The number of halogens is 1. The van der Waals surface area contributed by atoms with Crippen molar-refractivity contribution >= 4 is 14.0 Å². The number of nitrogens with two attached hydrogens (primary N) is 1. The lowest BCUT2D eigenvalue weighted by Gasteiger charge is -2.27. The number of aromatic nitrogens is 3. The molecule has 3 N–H and O–H groups in total. The van der Waals surface area contributed by atoms with Crippen molar-refractivity contribution in [2.24, 2.45) is 5.73 Å². The predicted molar refractivity (Wildman–Crippen MR) is 120 cm³/mol. The molecule has 1 amide bonds. The Morgan fingerprint density at radius 3 is 2.87 bits per heavy atom. The molecule has 0 bridgehead atoms. The van der Waals surface area contributed by atoms with E-state index in [1.807, 2.05) is 17.7 Å². The van der Waals surface area contributed by atoms with Gasteiger partial charge in [-0.25, -0.2) is 14.4 Å². The van der Waals surface area contributed by atoms with Crippen LogP contribution in [-0.2, 0) is 11.5 Å². The second-order valence-electron chi connectivity index (χ2n) is 9.10. The number of nitrogens with zero attached hydrogens (tertiary/aromatic N) is 3. The topological polar surface area (TPSA) is 104 Å². The smallest absolute Gasteiger partial charge is 0.254 e. The minimum atomic E-state index is -1.17. The minimum absolute atomic E-state index is 0.0524. The fourth-order valence-electron chi connectivity index (χ4n) is 3.25. The summed E-state index contributed by atoms with van der Waals surface area (Å²) >= 11 is 0. The lowest BCUT2D eigenvalue weighted by molar-refractivity contribution is 0.0676. The molecule has 0 aliphatic carbocycles. The van der Waals surface area contributed by atoms with Crippen LogP contribution in [0, 0.1) is 6.92 Å². The molecule has 1 saturated heterocycles. The number of piperidine rings is 1. The van der Waals surface area contributed by atoms with Crippen LogP contribution in [0.1, 0.15) is 22.6 Å². The average molecular weight is 450 g/mol. The number of pyridine rings is 1. The molecule has 0 radical (unpaired) electrons. The number of nitrogens with one attached hydrogen (secondary N) is 1. The van der Waals surface area contributed by atoms with Crippen molar-refractivity contribution < 1.29 is 18.7 Å². The van der Waals surface area contributed by atoms with E-state index in [-0.39, 0.29) is 18.0 Å². The molecular weight excluding hydrogens is 417 g/mol. The Bertz CT molecular complexity index is 915. The number of carbonyl (C=O) groups is 1. The maximum absolute atomic E-state index is 14.1. The van der Waals surface area contributed by atoms with Crippen LogP contribution in [0.25, 0.3) is 11.3 Å². The van der Waals surface area contributed by atoms with E-state index in [9.17, 15) is 9.18 Å². The van der Waals surface area contributed by atoms with E-state index in [0.717, 1.165) is 11.9 Å². The highest BCUT2D eigenvalue weighted by molar-refractivity contribution is 6.76. The summed E-state index contributed by atoms with van der Waals surface area (Å²) in [6, 6.07) is 2.69. The molecule has 2 aromatic rings. The van der Waals surface area contributed by atoms with Crippen molar-refractivity contribution in [3.8, 4) is 17.1 Å². The quantitative estimate of drug-likeness (QED) is 0.451. The predicted octanol–water partition coefficient (Wildman–Crippen LogP) is 2.74. The zero-order valence-electron chi connectivity index (χ0n) is 18.7. The van der Waals surface area contributed by atoms with Crippen LogP contribution >= 0.6 is 0 Å². The summed E-state index contributed by atoms with van der Waals surface area (Å²) in [7, 11) is -1.14. The fraction of sp³-hybridized carbons (Fsp3) is 0.571. The normalized spacial score (nSPS) is 19.4. The van der Waals surface area contributed by atoms with Crippen LogP contribution in [0.4, 0.5) is 4.39 Å². The van der Waals surface area contributed by atoms with Gasteiger partial charge in [-0.15, -0.1) is 0 Å². The van der Waals surface area contributed by atoms with Gasteiger partial charge in [0.25, 0.3) is 5.91 Å². The molecule has 8 nitrogen and oxygen atoms in total. The molecule has 1 aliphatic heterocycles. The Labute approximate surface area is 183 Å². The summed E-state index contributed by atoms with van der Waals surface area (Å²) in [5.41, 5.74) is 6.94. The molecule has 10 heteroatoms. The number of ether oxygens (including phenoxy) is 2. The monoisotopic (exact) mass is 449 g/mol. The van der Waals surface area contributed by atoms with Gasteiger partial charge in [-0.3, -0.25) is 4.79 Å². The Morgan fingerprint density at radius 2 is 2.19 bits per heavy atom. The van der Waals surface area contributed by atoms with Crippen molar-refractivity contribution in [1.82, 2.24) is 19.9 Å². The number of amides is 1. The number of carbonyl (C=O) groups excluding carboxylic acids is 1. The first-order valence-electron chi connectivity index (χ1n) is 10.6. The van der Waals surface area contributed by atoms with Gasteiger partial charge >= 0.3 is 0 Å². The van der Waals surface area contributed by atoms with Gasteiger partial charge in [-0.2, -0.15) is 0 Å². The molecule has 0 unspecified atom stereocenters. The largest absolute Gasteiger partial charge is 0.471 e. The zero-order chi connectivity index (χ0) is 22.6. The third-order valence-corrected chi connectivity index (χ3v) is 6.93. The first kappa shape index (κ1) is 23.4. The Hall–Kier alpha value is -2.30. The van der Waals surface area contributed by atoms with Crippen molar-refractivity contribution in [2.45, 2.75) is 58.0 Å². The molecule has 0 spiro atoms. The van der Waals surface area contributed by atoms with Crippen LogP contribution in [0.15, 0.2) is 18.5 Å². The van der Waals surface area contributed by atoms with Crippen molar-refractivity contribution in [3.63, 3.8) is 0 Å². The maximum Gasteiger partial charge on any atom is 0.254 e. The molecular formula is C21H32FN5O3Si. The van der Waals surface area contributed by atoms with E-state index < -0.39 is 26.3 Å². The number of hydrogen-bond donors (Lipinski definition) is 2. The van der Waals surface area contributed by atoms with Crippen LogP contribution < -0.4 is 15.8 Å². The number of primary amides is 1. The molecule has 3 rings (SSSR count). The molecule has 2 aromatic heterocycles. The summed E-state index contributed by atoms with van der Waals surface area (Å²) in [5.74, 6) is 0.162. The molecule has 3 heterocycles. The maximum atomic E-state index is 14.1. The van der Waals surface area contributed by atoms with Gasteiger partial charge in [-0.05, 0) is 32.0 Å². The van der Waals surface area contributed by atoms with E-state index in [1.54, 1.807) is 12.3 Å².